The maximum atomic E-state index is 12.0. The van der Waals surface area contributed by atoms with E-state index in [1.165, 1.54) is 0 Å². The van der Waals surface area contributed by atoms with E-state index in [2.05, 4.69) is 16.9 Å². The van der Waals surface area contributed by atoms with Crippen molar-refractivity contribution in [1.29, 1.82) is 0 Å². The number of nitrogens with one attached hydrogen (secondary N) is 2. The first-order valence-corrected chi connectivity index (χ1v) is 6.61. The molecule has 0 saturated heterocycles. The summed E-state index contributed by atoms with van der Waals surface area (Å²) < 4.78 is 0. The summed E-state index contributed by atoms with van der Waals surface area (Å²) in [4.78, 5) is 26.4. The van der Waals surface area contributed by atoms with Crippen LogP contribution in [0, 0.1) is 6.92 Å². The van der Waals surface area contributed by atoms with Gasteiger partial charge in [0, 0.05) is 18.5 Å². The van der Waals surface area contributed by atoms with Crippen molar-refractivity contribution >= 4 is 16.8 Å². The van der Waals surface area contributed by atoms with Crippen molar-refractivity contribution in [3.8, 4) is 0 Å². The number of amides is 1. The van der Waals surface area contributed by atoms with Crippen LogP contribution < -0.4 is 10.9 Å². The van der Waals surface area contributed by atoms with Gasteiger partial charge in [-0.15, -0.1) is 6.58 Å². The summed E-state index contributed by atoms with van der Waals surface area (Å²) in [5, 5.41) is 3.69. The third-order valence-electron chi connectivity index (χ3n) is 3.23. The molecule has 2 aromatic rings. The lowest BCUT2D eigenvalue weighted by Gasteiger charge is -2.06. The van der Waals surface area contributed by atoms with E-state index >= 15 is 0 Å². The van der Waals surface area contributed by atoms with Crippen LogP contribution in [-0.4, -0.2) is 17.4 Å². The van der Waals surface area contributed by atoms with Gasteiger partial charge in [-0.3, -0.25) is 9.59 Å². The molecule has 0 radical (unpaired) electrons. The second-order valence-electron chi connectivity index (χ2n) is 4.76. The van der Waals surface area contributed by atoms with Crippen molar-refractivity contribution in [1.82, 2.24) is 10.3 Å². The largest absolute Gasteiger partial charge is 0.353 e. The number of rotatable bonds is 5. The average Bonchev–Trinajstić information content (AvgIpc) is 2.44. The highest BCUT2D eigenvalue weighted by atomic mass is 16.1. The molecule has 0 saturated carbocycles. The lowest BCUT2D eigenvalue weighted by molar-refractivity contribution is -0.120. The molecule has 1 amide bonds. The van der Waals surface area contributed by atoms with Crippen LogP contribution in [0.25, 0.3) is 10.9 Å². The molecular formula is C16H18N2O2. The van der Waals surface area contributed by atoms with E-state index in [-0.39, 0.29) is 11.5 Å². The topological polar surface area (TPSA) is 62.0 Å². The Morgan fingerprint density at radius 3 is 3.00 bits per heavy atom. The minimum atomic E-state index is -0.122. The highest BCUT2D eigenvalue weighted by Gasteiger charge is 2.07. The zero-order valence-corrected chi connectivity index (χ0v) is 11.5. The van der Waals surface area contributed by atoms with Crippen molar-refractivity contribution in [2.24, 2.45) is 0 Å². The summed E-state index contributed by atoms with van der Waals surface area (Å²) in [6.07, 6.45) is 2.36. The second kappa shape index (κ2) is 6.19. The van der Waals surface area contributed by atoms with Gasteiger partial charge in [0.1, 0.15) is 0 Å². The molecule has 4 heteroatoms. The van der Waals surface area contributed by atoms with E-state index in [1.807, 2.05) is 31.2 Å². The Hall–Kier alpha value is -2.36. The molecule has 0 aliphatic rings. The van der Waals surface area contributed by atoms with Crippen LogP contribution in [0.1, 0.15) is 17.5 Å². The van der Waals surface area contributed by atoms with Gasteiger partial charge in [-0.25, -0.2) is 0 Å². The molecule has 0 atom stereocenters. The quantitative estimate of drug-likeness (QED) is 0.817. The molecule has 0 bridgehead atoms. The van der Waals surface area contributed by atoms with E-state index < -0.39 is 0 Å². The molecule has 2 rings (SSSR count). The predicted molar refractivity (Wildman–Crippen MR) is 80.8 cm³/mol. The van der Waals surface area contributed by atoms with Crippen LogP contribution in [0.2, 0.25) is 0 Å². The number of hydrogen-bond donors (Lipinski definition) is 2. The van der Waals surface area contributed by atoms with E-state index in [0.29, 0.717) is 24.9 Å². The minimum Gasteiger partial charge on any atom is -0.353 e. The summed E-state index contributed by atoms with van der Waals surface area (Å²) in [5.41, 5.74) is 2.41. The Balaban J connectivity index is 2.19. The predicted octanol–water partition coefficient (Wildman–Crippen LogP) is 2.07. The summed E-state index contributed by atoms with van der Waals surface area (Å²) in [5.74, 6) is -0.0753. The normalized spacial score (nSPS) is 10.4. The van der Waals surface area contributed by atoms with Gasteiger partial charge in [0.15, 0.2) is 0 Å². The third-order valence-corrected chi connectivity index (χ3v) is 3.23. The van der Waals surface area contributed by atoms with Gasteiger partial charge in [-0.1, -0.05) is 24.3 Å². The molecule has 104 valence electrons. The van der Waals surface area contributed by atoms with Crippen LogP contribution in [0.3, 0.4) is 0 Å². The number of fused-ring (bicyclic) bond motifs is 1. The SMILES string of the molecule is C=CCNC(=O)CCc1cc2cccc(C)c2[nH]c1=O. The zero-order chi connectivity index (χ0) is 14.5. The highest BCUT2D eigenvalue weighted by molar-refractivity contribution is 5.82. The van der Waals surface area contributed by atoms with Crippen LogP contribution >= 0.6 is 0 Å². The molecule has 20 heavy (non-hydrogen) atoms. The van der Waals surface area contributed by atoms with Crippen molar-refractivity contribution in [2.75, 3.05) is 6.54 Å². The molecule has 2 N–H and O–H groups in total. The van der Waals surface area contributed by atoms with Crippen molar-refractivity contribution in [3.63, 3.8) is 0 Å². The minimum absolute atomic E-state index is 0.0753. The number of benzene rings is 1. The maximum absolute atomic E-state index is 12.0. The van der Waals surface area contributed by atoms with E-state index in [4.69, 9.17) is 0 Å². The smallest absolute Gasteiger partial charge is 0.251 e. The standard InChI is InChI=1S/C16H18N2O2/c1-3-9-17-14(19)8-7-13-10-12-6-4-5-11(2)15(12)18-16(13)20/h3-6,10H,1,7-9H2,2H3,(H,17,19)(H,18,20). The van der Waals surface area contributed by atoms with Gasteiger partial charge < -0.3 is 10.3 Å². The van der Waals surface area contributed by atoms with E-state index in [0.717, 1.165) is 16.5 Å². The number of carbonyl (C=O) groups is 1. The average molecular weight is 270 g/mol. The number of carbonyl (C=O) groups excluding carboxylic acids is 1. The summed E-state index contributed by atoms with van der Waals surface area (Å²) >= 11 is 0. The van der Waals surface area contributed by atoms with Gasteiger partial charge in [0.05, 0.1) is 5.52 Å². The third kappa shape index (κ3) is 3.15. The van der Waals surface area contributed by atoms with Gasteiger partial charge >= 0.3 is 0 Å². The van der Waals surface area contributed by atoms with Crippen LogP contribution in [0.5, 0.6) is 0 Å². The molecule has 1 heterocycles. The molecular weight excluding hydrogens is 252 g/mol. The van der Waals surface area contributed by atoms with Crippen molar-refractivity contribution in [2.45, 2.75) is 19.8 Å². The fraction of sp³-hybridized carbons (Fsp3) is 0.250. The lowest BCUT2D eigenvalue weighted by atomic mass is 10.1. The first kappa shape index (κ1) is 14.1. The first-order valence-electron chi connectivity index (χ1n) is 6.61. The number of H-pyrrole nitrogens is 1. The number of hydrogen-bond acceptors (Lipinski definition) is 2. The zero-order valence-electron chi connectivity index (χ0n) is 11.5. The Morgan fingerprint density at radius 2 is 2.25 bits per heavy atom. The number of aryl methyl sites for hydroxylation is 2. The fourth-order valence-corrected chi connectivity index (χ4v) is 2.14. The molecule has 4 nitrogen and oxygen atoms in total. The Bertz CT molecular complexity index is 701. The number of para-hydroxylation sites is 1. The number of aromatic amines is 1. The Labute approximate surface area is 117 Å². The monoisotopic (exact) mass is 270 g/mol. The summed E-state index contributed by atoms with van der Waals surface area (Å²) in [7, 11) is 0. The van der Waals surface area contributed by atoms with Crippen LogP contribution in [0.4, 0.5) is 0 Å². The lowest BCUT2D eigenvalue weighted by Crippen LogP contribution is -2.24. The van der Waals surface area contributed by atoms with Gasteiger partial charge in [0.2, 0.25) is 5.91 Å². The Morgan fingerprint density at radius 1 is 1.45 bits per heavy atom. The highest BCUT2D eigenvalue weighted by Crippen LogP contribution is 2.15. The molecule has 0 aliphatic carbocycles. The van der Waals surface area contributed by atoms with Crippen molar-refractivity contribution in [3.05, 3.63) is 58.4 Å². The molecule has 0 fully saturated rings. The molecule has 0 spiro atoms. The van der Waals surface area contributed by atoms with Gasteiger partial charge in [-0.2, -0.15) is 0 Å². The maximum Gasteiger partial charge on any atom is 0.251 e. The van der Waals surface area contributed by atoms with Crippen LogP contribution in [0.15, 0.2) is 41.7 Å². The molecule has 0 unspecified atom stereocenters. The van der Waals surface area contributed by atoms with Gasteiger partial charge in [-0.05, 0) is 30.4 Å². The Kier molecular flexibility index (Phi) is 4.35. The van der Waals surface area contributed by atoms with Gasteiger partial charge in [0.25, 0.3) is 5.56 Å². The molecule has 1 aromatic carbocycles. The van der Waals surface area contributed by atoms with Crippen molar-refractivity contribution < 1.29 is 4.79 Å². The summed E-state index contributed by atoms with van der Waals surface area (Å²) in [6.45, 7) is 5.95. The second-order valence-corrected chi connectivity index (χ2v) is 4.76. The number of aromatic nitrogens is 1. The van der Waals surface area contributed by atoms with Crippen LogP contribution in [-0.2, 0) is 11.2 Å². The molecule has 0 aliphatic heterocycles. The van der Waals surface area contributed by atoms with E-state index in [1.54, 1.807) is 6.08 Å². The molecule has 1 aromatic heterocycles. The number of pyridine rings is 1. The summed E-state index contributed by atoms with van der Waals surface area (Å²) in [6, 6.07) is 7.73. The first-order chi connectivity index (χ1) is 9.61. The fourth-order valence-electron chi connectivity index (χ4n) is 2.14. The van der Waals surface area contributed by atoms with E-state index in [9.17, 15) is 9.59 Å².